The first-order valence-corrected chi connectivity index (χ1v) is 12.6. The number of para-hydroxylation sites is 1. The van der Waals surface area contributed by atoms with Gasteiger partial charge in [-0.25, -0.2) is 13.1 Å². The van der Waals surface area contributed by atoms with Crippen molar-refractivity contribution in [3.8, 4) is 5.69 Å². The Balaban J connectivity index is 1.45. The molecule has 1 saturated carbocycles. The first-order valence-electron chi connectivity index (χ1n) is 10.7. The van der Waals surface area contributed by atoms with Crippen molar-refractivity contribution in [2.24, 2.45) is 0 Å². The van der Waals surface area contributed by atoms with Gasteiger partial charge in [0.1, 0.15) is 5.82 Å². The van der Waals surface area contributed by atoms with Crippen molar-refractivity contribution in [1.82, 2.24) is 14.7 Å². The van der Waals surface area contributed by atoms with Gasteiger partial charge in [-0.15, -0.1) is 0 Å². The lowest BCUT2D eigenvalue weighted by molar-refractivity contribution is -0.117. The van der Waals surface area contributed by atoms with Crippen molar-refractivity contribution in [3.63, 3.8) is 0 Å². The first kappa shape index (κ1) is 22.2. The zero-order valence-corrected chi connectivity index (χ0v) is 19.3. The highest BCUT2D eigenvalue weighted by Gasteiger charge is 2.28. The van der Waals surface area contributed by atoms with Crippen LogP contribution in [0.25, 0.3) is 5.69 Å². The van der Waals surface area contributed by atoms with Gasteiger partial charge in [0, 0.05) is 24.3 Å². The maximum absolute atomic E-state index is 12.8. The van der Waals surface area contributed by atoms with E-state index in [2.05, 4.69) is 5.32 Å². The molecule has 0 radical (unpaired) electrons. The highest BCUT2D eigenvalue weighted by atomic mass is 32.2. The van der Waals surface area contributed by atoms with E-state index < -0.39 is 9.84 Å². The molecule has 1 N–H and O–H groups in total. The molecular formula is C24H28N4O3S. The summed E-state index contributed by atoms with van der Waals surface area (Å²) in [5, 5.41) is 7.74. The van der Waals surface area contributed by atoms with Gasteiger partial charge in [0.25, 0.3) is 0 Å². The molecule has 4 rings (SSSR count). The molecule has 1 atom stereocenters. The molecule has 1 heterocycles. The molecule has 7 nitrogen and oxygen atoms in total. The van der Waals surface area contributed by atoms with Crippen molar-refractivity contribution < 1.29 is 13.2 Å². The van der Waals surface area contributed by atoms with Gasteiger partial charge in [-0.2, -0.15) is 5.10 Å². The third-order valence-electron chi connectivity index (χ3n) is 5.84. The Hall–Kier alpha value is -2.97. The topological polar surface area (TPSA) is 84.3 Å². The Kier molecular flexibility index (Phi) is 6.17. The van der Waals surface area contributed by atoms with Gasteiger partial charge in [-0.1, -0.05) is 30.3 Å². The summed E-state index contributed by atoms with van der Waals surface area (Å²) in [5.74, 6) is 1.02. The predicted octanol–water partition coefficient (Wildman–Crippen LogP) is 3.78. The molecule has 0 saturated heterocycles. The van der Waals surface area contributed by atoms with Crippen molar-refractivity contribution in [3.05, 3.63) is 71.9 Å². The molecule has 1 aliphatic rings. The zero-order chi connectivity index (χ0) is 22.9. The van der Waals surface area contributed by atoms with E-state index in [1.54, 1.807) is 28.9 Å². The number of hydrogen-bond acceptors (Lipinski definition) is 5. The largest absolute Gasteiger partial charge is 0.309 e. The molecule has 1 unspecified atom stereocenters. The number of aromatic nitrogens is 2. The second-order valence-corrected chi connectivity index (χ2v) is 10.5. The summed E-state index contributed by atoms with van der Waals surface area (Å²) >= 11 is 0. The van der Waals surface area contributed by atoms with E-state index in [0.717, 1.165) is 29.8 Å². The average Bonchev–Trinajstić information content (AvgIpc) is 3.54. The van der Waals surface area contributed by atoms with Crippen molar-refractivity contribution in [2.45, 2.75) is 36.6 Å². The van der Waals surface area contributed by atoms with E-state index in [4.69, 9.17) is 5.10 Å². The number of rotatable bonds is 8. The number of sulfone groups is 1. The fourth-order valence-electron chi connectivity index (χ4n) is 3.63. The molecule has 8 heteroatoms. The minimum absolute atomic E-state index is 0.0598. The van der Waals surface area contributed by atoms with Gasteiger partial charge in [0.15, 0.2) is 9.84 Å². The molecule has 3 aromatic rings. The Morgan fingerprint density at radius 2 is 1.81 bits per heavy atom. The van der Waals surface area contributed by atoms with Crippen LogP contribution in [0.2, 0.25) is 0 Å². The van der Waals surface area contributed by atoms with Crippen LogP contribution >= 0.6 is 0 Å². The van der Waals surface area contributed by atoms with Gasteiger partial charge in [-0.3, -0.25) is 9.69 Å². The summed E-state index contributed by atoms with van der Waals surface area (Å²) < 4.78 is 25.1. The number of likely N-dealkylation sites (N-methyl/N-ethyl adjacent to an activating group) is 1. The summed E-state index contributed by atoms with van der Waals surface area (Å²) in [6, 6.07) is 18.5. The van der Waals surface area contributed by atoms with E-state index in [0.29, 0.717) is 11.7 Å². The Labute approximate surface area is 189 Å². The van der Waals surface area contributed by atoms with Crippen molar-refractivity contribution in [2.75, 3.05) is 25.2 Å². The van der Waals surface area contributed by atoms with Gasteiger partial charge >= 0.3 is 0 Å². The second-order valence-electron chi connectivity index (χ2n) is 8.46. The number of nitrogens with zero attached hydrogens (tertiary/aromatic N) is 3. The average molecular weight is 453 g/mol. The molecule has 2 aromatic carbocycles. The molecule has 168 valence electrons. The maximum atomic E-state index is 12.8. The zero-order valence-electron chi connectivity index (χ0n) is 18.5. The second kappa shape index (κ2) is 8.88. The Morgan fingerprint density at radius 3 is 2.41 bits per heavy atom. The monoisotopic (exact) mass is 452 g/mol. The minimum atomic E-state index is -3.23. The number of nitrogens with one attached hydrogen (secondary N) is 1. The van der Waals surface area contributed by atoms with Crippen LogP contribution in [0, 0.1) is 0 Å². The van der Waals surface area contributed by atoms with Crippen LogP contribution in [0.3, 0.4) is 0 Å². The van der Waals surface area contributed by atoms with E-state index in [-0.39, 0.29) is 23.4 Å². The third kappa shape index (κ3) is 5.08. The Morgan fingerprint density at radius 1 is 1.16 bits per heavy atom. The van der Waals surface area contributed by atoms with E-state index in [1.807, 2.05) is 55.3 Å². The third-order valence-corrected chi connectivity index (χ3v) is 6.97. The van der Waals surface area contributed by atoms with Crippen LogP contribution in [-0.4, -0.2) is 48.9 Å². The lowest BCUT2D eigenvalue weighted by Gasteiger charge is -2.24. The van der Waals surface area contributed by atoms with Crippen LogP contribution in [0.4, 0.5) is 5.82 Å². The summed E-state index contributed by atoms with van der Waals surface area (Å²) in [5.41, 5.74) is 2.86. The van der Waals surface area contributed by atoms with Crippen molar-refractivity contribution >= 4 is 21.6 Å². The predicted molar refractivity (Wildman–Crippen MR) is 125 cm³/mol. The smallest absolute Gasteiger partial charge is 0.239 e. The van der Waals surface area contributed by atoms with E-state index in [1.165, 1.54) is 6.26 Å². The molecule has 32 heavy (non-hydrogen) atoms. The number of carbonyl (C=O) groups excluding carboxylic acids is 1. The van der Waals surface area contributed by atoms with Crippen LogP contribution in [0.1, 0.15) is 43.0 Å². The molecule has 0 aliphatic heterocycles. The van der Waals surface area contributed by atoms with Crippen LogP contribution in [0.15, 0.2) is 65.6 Å². The highest BCUT2D eigenvalue weighted by molar-refractivity contribution is 7.90. The number of hydrogen-bond donors (Lipinski definition) is 1. The van der Waals surface area contributed by atoms with Crippen LogP contribution in [-0.2, 0) is 14.6 Å². The van der Waals surface area contributed by atoms with E-state index in [9.17, 15) is 13.2 Å². The molecule has 1 aliphatic carbocycles. The first-order chi connectivity index (χ1) is 15.2. The summed E-state index contributed by atoms with van der Waals surface area (Å²) in [6.45, 7) is 2.18. The molecule has 1 aromatic heterocycles. The minimum Gasteiger partial charge on any atom is -0.309 e. The number of carbonyl (C=O) groups is 1. The van der Waals surface area contributed by atoms with Gasteiger partial charge in [-0.05, 0) is 56.6 Å². The number of benzene rings is 2. The lowest BCUT2D eigenvalue weighted by atomic mass is 10.1. The van der Waals surface area contributed by atoms with Crippen LogP contribution < -0.4 is 5.32 Å². The van der Waals surface area contributed by atoms with E-state index >= 15 is 0 Å². The van der Waals surface area contributed by atoms with Crippen molar-refractivity contribution in [1.29, 1.82) is 0 Å². The van der Waals surface area contributed by atoms with Gasteiger partial charge in [0.2, 0.25) is 5.91 Å². The lowest BCUT2D eigenvalue weighted by Crippen LogP contribution is -2.32. The highest BCUT2D eigenvalue weighted by Crippen LogP contribution is 2.40. The summed E-state index contributed by atoms with van der Waals surface area (Å²) in [6.07, 6.45) is 3.46. The standard InChI is InChI=1S/C24H28N4O3S/c1-17(18-11-13-21(14-12-18)32(3,30)31)27(2)16-24(29)25-23-15-22(19-9-10-19)26-28(23)20-7-5-4-6-8-20/h4-8,11-15,17,19H,9-10,16H2,1-3H3,(H,25,29). The Bertz CT molecular complexity index is 1200. The van der Waals surface area contributed by atoms with Gasteiger partial charge in [0.05, 0.1) is 22.8 Å². The molecule has 0 bridgehead atoms. The summed E-state index contributed by atoms with van der Waals surface area (Å²) in [7, 11) is -1.36. The number of anilines is 1. The number of amides is 1. The SMILES string of the molecule is CC(c1ccc(S(C)(=O)=O)cc1)N(C)CC(=O)Nc1cc(C2CC2)nn1-c1ccccc1. The van der Waals surface area contributed by atoms with Crippen LogP contribution in [0.5, 0.6) is 0 Å². The quantitative estimate of drug-likeness (QED) is 0.562. The molecule has 1 amide bonds. The fourth-order valence-corrected chi connectivity index (χ4v) is 4.26. The molecule has 0 spiro atoms. The van der Waals surface area contributed by atoms with Gasteiger partial charge < -0.3 is 5.32 Å². The summed E-state index contributed by atoms with van der Waals surface area (Å²) in [4.78, 5) is 15.1. The maximum Gasteiger partial charge on any atom is 0.239 e. The molecule has 1 fully saturated rings. The fraction of sp³-hybridized carbons (Fsp3) is 0.333. The molecular weight excluding hydrogens is 424 g/mol. The normalized spacial score (nSPS) is 15.0.